The average Bonchev–Trinajstić information content (AvgIpc) is 3.17. The SMILES string of the molecule is Cc1cc([N+](=O)[O-])cnc1NCC1CCN(C2CC2)C1. The molecule has 1 unspecified atom stereocenters. The highest BCUT2D eigenvalue weighted by atomic mass is 16.6. The van der Waals surface area contributed by atoms with Crippen LogP contribution in [0.25, 0.3) is 0 Å². The van der Waals surface area contributed by atoms with E-state index in [1.807, 2.05) is 6.92 Å². The summed E-state index contributed by atoms with van der Waals surface area (Å²) in [6, 6.07) is 2.42. The molecule has 6 heteroatoms. The molecule has 1 aliphatic carbocycles. The first kappa shape index (κ1) is 13.3. The molecule has 0 aromatic carbocycles. The van der Waals surface area contributed by atoms with Gasteiger partial charge in [-0.05, 0) is 44.2 Å². The van der Waals surface area contributed by atoms with Crippen molar-refractivity contribution < 1.29 is 4.92 Å². The zero-order valence-corrected chi connectivity index (χ0v) is 11.7. The molecule has 0 amide bonds. The van der Waals surface area contributed by atoms with Crippen LogP contribution in [-0.4, -0.2) is 40.5 Å². The lowest BCUT2D eigenvalue weighted by Gasteiger charge is -2.15. The average molecular weight is 276 g/mol. The quantitative estimate of drug-likeness (QED) is 0.659. The number of aryl methyl sites for hydroxylation is 1. The van der Waals surface area contributed by atoms with Gasteiger partial charge in [-0.1, -0.05) is 0 Å². The van der Waals surface area contributed by atoms with Crippen LogP contribution in [0.5, 0.6) is 0 Å². The monoisotopic (exact) mass is 276 g/mol. The molecule has 1 N–H and O–H groups in total. The van der Waals surface area contributed by atoms with Crippen LogP contribution in [0.4, 0.5) is 11.5 Å². The van der Waals surface area contributed by atoms with Crippen molar-refractivity contribution >= 4 is 11.5 Å². The number of rotatable bonds is 5. The standard InChI is InChI=1S/C14H20N4O2/c1-10-6-13(18(19)20)8-16-14(10)15-7-11-4-5-17(9-11)12-2-3-12/h6,8,11-12H,2-5,7,9H2,1H3,(H,15,16). The van der Waals surface area contributed by atoms with Crippen molar-refractivity contribution in [2.45, 2.75) is 32.2 Å². The van der Waals surface area contributed by atoms with E-state index in [0.717, 1.165) is 24.0 Å². The van der Waals surface area contributed by atoms with E-state index in [2.05, 4.69) is 15.2 Å². The minimum atomic E-state index is -0.408. The molecule has 0 radical (unpaired) electrons. The highest BCUT2D eigenvalue weighted by molar-refractivity contribution is 5.48. The minimum Gasteiger partial charge on any atom is -0.370 e. The first-order valence-electron chi connectivity index (χ1n) is 7.22. The van der Waals surface area contributed by atoms with Gasteiger partial charge in [-0.15, -0.1) is 0 Å². The minimum absolute atomic E-state index is 0.0498. The van der Waals surface area contributed by atoms with Crippen LogP contribution in [0.2, 0.25) is 0 Å². The van der Waals surface area contributed by atoms with Gasteiger partial charge in [0.05, 0.1) is 4.92 Å². The summed E-state index contributed by atoms with van der Waals surface area (Å²) in [5, 5.41) is 14.0. The molecule has 6 nitrogen and oxygen atoms in total. The highest BCUT2D eigenvalue weighted by Gasteiger charge is 2.34. The van der Waals surface area contributed by atoms with E-state index in [-0.39, 0.29) is 5.69 Å². The second kappa shape index (κ2) is 5.36. The number of pyridine rings is 1. The molecular weight excluding hydrogens is 256 g/mol. The Morgan fingerprint density at radius 1 is 1.50 bits per heavy atom. The molecule has 2 fully saturated rings. The van der Waals surface area contributed by atoms with Gasteiger partial charge in [-0.25, -0.2) is 4.98 Å². The summed E-state index contributed by atoms with van der Waals surface area (Å²) in [7, 11) is 0. The Labute approximate surface area is 118 Å². The summed E-state index contributed by atoms with van der Waals surface area (Å²) in [5.41, 5.74) is 0.880. The van der Waals surface area contributed by atoms with Gasteiger partial charge in [0.15, 0.2) is 0 Å². The van der Waals surface area contributed by atoms with Crippen molar-refractivity contribution in [3.63, 3.8) is 0 Å². The molecule has 1 atom stereocenters. The molecule has 1 saturated carbocycles. The third-order valence-corrected chi connectivity index (χ3v) is 4.21. The van der Waals surface area contributed by atoms with Crippen molar-refractivity contribution in [2.24, 2.45) is 5.92 Å². The molecule has 0 bridgehead atoms. The number of aromatic nitrogens is 1. The first-order valence-corrected chi connectivity index (χ1v) is 7.22. The van der Waals surface area contributed by atoms with Crippen LogP contribution in [-0.2, 0) is 0 Å². The van der Waals surface area contributed by atoms with E-state index < -0.39 is 4.92 Å². The summed E-state index contributed by atoms with van der Waals surface area (Å²) < 4.78 is 0. The van der Waals surface area contributed by atoms with E-state index in [9.17, 15) is 10.1 Å². The molecule has 1 aromatic rings. The Bertz CT molecular complexity index is 516. The van der Waals surface area contributed by atoms with Crippen molar-refractivity contribution in [3.05, 3.63) is 27.9 Å². The summed E-state index contributed by atoms with van der Waals surface area (Å²) in [4.78, 5) is 17.0. The lowest BCUT2D eigenvalue weighted by Crippen LogP contribution is -2.25. The Balaban J connectivity index is 1.54. The summed E-state index contributed by atoms with van der Waals surface area (Å²) in [6.07, 6.45) is 5.28. The predicted molar refractivity (Wildman–Crippen MR) is 76.8 cm³/mol. The second-order valence-electron chi connectivity index (χ2n) is 5.88. The van der Waals surface area contributed by atoms with Crippen molar-refractivity contribution in [1.82, 2.24) is 9.88 Å². The number of anilines is 1. The van der Waals surface area contributed by atoms with Gasteiger partial charge >= 0.3 is 0 Å². The van der Waals surface area contributed by atoms with Crippen LogP contribution >= 0.6 is 0 Å². The zero-order chi connectivity index (χ0) is 14.1. The van der Waals surface area contributed by atoms with Gasteiger partial charge in [0.25, 0.3) is 5.69 Å². The van der Waals surface area contributed by atoms with Gasteiger partial charge in [-0.2, -0.15) is 0 Å². The maximum atomic E-state index is 10.7. The van der Waals surface area contributed by atoms with Crippen LogP contribution in [0.1, 0.15) is 24.8 Å². The van der Waals surface area contributed by atoms with Gasteiger partial charge in [0.2, 0.25) is 0 Å². The van der Waals surface area contributed by atoms with E-state index >= 15 is 0 Å². The van der Waals surface area contributed by atoms with Gasteiger partial charge in [0.1, 0.15) is 12.0 Å². The largest absolute Gasteiger partial charge is 0.370 e. The van der Waals surface area contributed by atoms with E-state index in [1.54, 1.807) is 6.07 Å². The van der Waals surface area contributed by atoms with Crippen LogP contribution < -0.4 is 5.32 Å². The van der Waals surface area contributed by atoms with Crippen LogP contribution in [0.3, 0.4) is 0 Å². The smallest absolute Gasteiger partial charge is 0.287 e. The fourth-order valence-corrected chi connectivity index (χ4v) is 2.89. The normalized spacial score (nSPS) is 22.9. The molecule has 20 heavy (non-hydrogen) atoms. The van der Waals surface area contributed by atoms with E-state index in [4.69, 9.17) is 0 Å². The maximum Gasteiger partial charge on any atom is 0.287 e. The summed E-state index contributed by atoms with van der Waals surface area (Å²) in [5.74, 6) is 1.42. The number of likely N-dealkylation sites (tertiary alicyclic amines) is 1. The number of hydrogen-bond acceptors (Lipinski definition) is 5. The Kier molecular flexibility index (Phi) is 3.56. The fourth-order valence-electron chi connectivity index (χ4n) is 2.89. The summed E-state index contributed by atoms with van der Waals surface area (Å²) in [6.45, 7) is 5.13. The molecule has 1 aliphatic heterocycles. The maximum absolute atomic E-state index is 10.7. The molecule has 0 spiro atoms. The van der Waals surface area contributed by atoms with Gasteiger partial charge in [0, 0.05) is 25.2 Å². The molecule has 3 rings (SSSR count). The van der Waals surface area contributed by atoms with Crippen molar-refractivity contribution in [1.29, 1.82) is 0 Å². The predicted octanol–water partition coefficient (Wildman–Crippen LogP) is 2.19. The van der Waals surface area contributed by atoms with Gasteiger partial charge < -0.3 is 10.2 Å². The Morgan fingerprint density at radius 3 is 2.95 bits per heavy atom. The first-order chi connectivity index (χ1) is 9.63. The summed E-state index contributed by atoms with van der Waals surface area (Å²) >= 11 is 0. The Morgan fingerprint density at radius 2 is 2.30 bits per heavy atom. The van der Waals surface area contributed by atoms with Crippen molar-refractivity contribution in [2.75, 3.05) is 25.0 Å². The topological polar surface area (TPSA) is 71.3 Å². The van der Waals surface area contributed by atoms with Crippen molar-refractivity contribution in [3.8, 4) is 0 Å². The third kappa shape index (κ3) is 2.90. The Hall–Kier alpha value is -1.69. The number of hydrogen-bond donors (Lipinski definition) is 1. The molecule has 1 saturated heterocycles. The lowest BCUT2D eigenvalue weighted by atomic mass is 10.1. The lowest BCUT2D eigenvalue weighted by molar-refractivity contribution is -0.385. The molecule has 108 valence electrons. The third-order valence-electron chi connectivity index (χ3n) is 4.21. The fraction of sp³-hybridized carbons (Fsp3) is 0.643. The van der Waals surface area contributed by atoms with Gasteiger partial charge in [-0.3, -0.25) is 10.1 Å². The molecule has 2 heterocycles. The number of nitrogens with one attached hydrogen (secondary N) is 1. The number of nitrogens with zero attached hydrogens (tertiary/aromatic N) is 3. The highest BCUT2D eigenvalue weighted by Crippen LogP contribution is 2.31. The van der Waals surface area contributed by atoms with Crippen LogP contribution in [0, 0.1) is 23.0 Å². The van der Waals surface area contributed by atoms with Crippen LogP contribution in [0.15, 0.2) is 12.3 Å². The molecular formula is C14H20N4O2. The number of nitro groups is 1. The molecule has 1 aromatic heterocycles. The second-order valence-corrected chi connectivity index (χ2v) is 5.88. The zero-order valence-electron chi connectivity index (χ0n) is 11.7. The van der Waals surface area contributed by atoms with E-state index in [1.165, 1.54) is 38.5 Å². The van der Waals surface area contributed by atoms with E-state index in [0.29, 0.717) is 5.92 Å². The molecule has 2 aliphatic rings.